The Kier molecular flexibility index (Phi) is 7.98. The summed E-state index contributed by atoms with van der Waals surface area (Å²) in [6.07, 6.45) is 2.83. The predicted octanol–water partition coefficient (Wildman–Crippen LogP) is 4.11. The number of amides is 1. The fourth-order valence-corrected chi connectivity index (χ4v) is 4.49. The molecule has 2 aromatic rings. The Bertz CT molecular complexity index is 1000. The summed E-state index contributed by atoms with van der Waals surface area (Å²) in [5.41, 5.74) is 2.47. The van der Waals surface area contributed by atoms with Crippen LogP contribution in [0.4, 0.5) is 4.39 Å². The zero-order valence-electron chi connectivity index (χ0n) is 21.1. The Morgan fingerprint density at radius 2 is 2.06 bits per heavy atom. The number of halogens is 1. The molecular weight excluding hydrogens is 433 g/mol. The Balaban J connectivity index is 1.76. The van der Waals surface area contributed by atoms with Gasteiger partial charge in [-0.05, 0) is 55.9 Å². The molecule has 0 unspecified atom stereocenters. The van der Waals surface area contributed by atoms with Gasteiger partial charge in [-0.15, -0.1) is 0 Å². The van der Waals surface area contributed by atoms with Gasteiger partial charge in [0, 0.05) is 37.2 Å². The van der Waals surface area contributed by atoms with E-state index in [1.807, 2.05) is 13.8 Å². The first-order valence-corrected chi connectivity index (χ1v) is 11.9. The second-order valence-corrected chi connectivity index (χ2v) is 11.2. The van der Waals surface area contributed by atoms with Crippen LogP contribution < -0.4 is 15.4 Å². The minimum atomic E-state index is -0.863. The van der Waals surface area contributed by atoms with E-state index in [0.29, 0.717) is 12.0 Å². The molecule has 7 heteroatoms. The normalized spacial score (nSPS) is 19.0. The van der Waals surface area contributed by atoms with Crippen molar-refractivity contribution in [2.75, 3.05) is 6.54 Å². The van der Waals surface area contributed by atoms with Gasteiger partial charge < -0.3 is 20.5 Å². The lowest BCUT2D eigenvalue weighted by atomic mass is 9.87. The maximum Gasteiger partial charge on any atom is 0.217 e. The van der Waals surface area contributed by atoms with Gasteiger partial charge in [-0.25, -0.2) is 4.39 Å². The van der Waals surface area contributed by atoms with Crippen molar-refractivity contribution in [3.05, 3.63) is 59.2 Å². The minimum Gasteiger partial charge on any atom is -0.486 e. The lowest BCUT2D eigenvalue weighted by Gasteiger charge is -2.38. The number of pyridine rings is 1. The van der Waals surface area contributed by atoms with Crippen molar-refractivity contribution < 1.29 is 19.0 Å². The maximum absolute atomic E-state index is 13.6. The van der Waals surface area contributed by atoms with E-state index < -0.39 is 12.1 Å². The molecule has 0 saturated carbocycles. The molecule has 0 bridgehead atoms. The maximum atomic E-state index is 13.6. The van der Waals surface area contributed by atoms with Crippen molar-refractivity contribution in [1.29, 1.82) is 0 Å². The van der Waals surface area contributed by atoms with E-state index in [1.165, 1.54) is 19.1 Å². The molecule has 3 rings (SSSR count). The highest BCUT2D eigenvalue weighted by Gasteiger charge is 2.35. The lowest BCUT2D eigenvalue weighted by Crippen LogP contribution is -2.49. The quantitative estimate of drug-likeness (QED) is 0.540. The second-order valence-electron chi connectivity index (χ2n) is 11.2. The number of carbonyl (C=O) groups excluding carboxylic acids is 1. The molecule has 0 aliphatic carbocycles. The van der Waals surface area contributed by atoms with Crippen LogP contribution in [0.2, 0.25) is 0 Å². The molecule has 6 nitrogen and oxygen atoms in total. The number of benzene rings is 1. The standard InChI is InChI=1S/C27H38FN3O3/c1-17(32)31-22(11-18-8-7-9-19(28)10-18)24(33)15-30-23-14-27(5,6)34-25-16-29-20(12-21(23)25)13-26(2,3)4/h7-10,12,16,22-24,30,33H,11,13-15H2,1-6H3,(H,31,32)/t22-,23-,24+/m0/s1. The van der Waals surface area contributed by atoms with Crippen LogP contribution in [0.3, 0.4) is 0 Å². The number of aromatic nitrogens is 1. The summed E-state index contributed by atoms with van der Waals surface area (Å²) >= 11 is 0. The third-order valence-electron chi connectivity index (χ3n) is 5.89. The number of ether oxygens (including phenoxy) is 1. The van der Waals surface area contributed by atoms with Crippen molar-refractivity contribution in [3.63, 3.8) is 0 Å². The largest absolute Gasteiger partial charge is 0.486 e. The second kappa shape index (κ2) is 10.4. The molecule has 2 heterocycles. The fourth-order valence-electron chi connectivity index (χ4n) is 4.49. The predicted molar refractivity (Wildman–Crippen MR) is 131 cm³/mol. The third-order valence-corrected chi connectivity index (χ3v) is 5.89. The van der Waals surface area contributed by atoms with Crippen LogP contribution in [0.1, 0.15) is 70.8 Å². The van der Waals surface area contributed by atoms with Crippen molar-refractivity contribution in [2.45, 2.75) is 84.6 Å². The number of aliphatic hydroxyl groups excluding tert-OH is 1. The topological polar surface area (TPSA) is 83.5 Å². The zero-order chi connectivity index (χ0) is 25.1. The SMILES string of the molecule is CC(=O)N[C@@H](Cc1cccc(F)c1)[C@H](O)CN[C@H]1CC(C)(C)Oc2cnc(CC(C)(C)C)cc21. The first-order chi connectivity index (χ1) is 15.8. The number of rotatable bonds is 8. The van der Waals surface area contributed by atoms with E-state index in [9.17, 15) is 14.3 Å². The van der Waals surface area contributed by atoms with Gasteiger partial charge in [0.1, 0.15) is 17.2 Å². The summed E-state index contributed by atoms with van der Waals surface area (Å²) < 4.78 is 19.8. The Morgan fingerprint density at radius 3 is 2.71 bits per heavy atom. The van der Waals surface area contributed by atoms with Gasteiger partial charge in [0.15, 0.2) is 0 Å². The van der Waals surface area contributed by atoms with Crippen molar-refractivity contribution in [3.8, 4) is 5.75 Å². The van der Waals surface area contributed by atoms with Crippen molar-refractivity contribution in [2.24, 2.45) is 5.41 Å². The number of aliphatic hydroxyl groups is 1. The Morgan fingerprint density at radius 1 is 1.32 bits per heavy atom. The molecule has 1 amide bonds. The lowest BCUT2D eigenvalue weighted by molar-refractivity contribution is -0.120. The minimum absolute atomic E-state index is 0.0396. The average Bonchev–Trinajstić information content (AvgIpc) is 2.69. The van der Waals surface area contributed by atoms with Crippen LogP contribution in [0.25, 0.3) is 0 Å². The molecular formula is C27H38FN3O3. The summed E-state index contributed by atoms with van der Waals surface area (Å²) in [7, 11) is 0. The van der Waals surface area contributed by atoms with Gasteiger partial charge in [-0.2, -0.15) is 0 Å². The van der Waals surface area contributed by atoms with Crippen LogP contribution in [0, 0.1) is 11.2 Å². The molecule has 186 valence electrons. The molecule has 1 aromatic heterocycles. The first-order valence-electron chi connectivity index (χ1n) is 11.9. The Hall–Kier alpha value is -2.51. The summed E-state index contributed by atoms with van der Waals surface area (Å²) in [5.74, 6) is 0.169. The van der Waals surface area contributed by atoms with Gasteiger partial charge in [-0.1, -0.05) is 32.9 Å². The van der Waals surface area contributed by atoms with Gasteiger partial charge in [0.2, 0.25) is 5.91 Å². The molecule has 3 atom stereocenters. The third kappa shape index (κ3) is 7.50. The summed E-state index contributed by atoms with van der Waals surface area (Å²) in [6.45, 7) is 12.3. The van der Waals surface area contributed by atoms with E-state index >= 15 is 0 Å². The highest BCUT2D eigenvalue weighted by atomic mass is 19.1. The highest BCUT2D eigenvalue weighted by molar-refractivity contribution is 5.73. The smallest absolute Gasteiger partial charge is 0.217 e. The van der Waals surface area contributed by atoms with Gasteiger partial charge in [0.05, 0.1) is 18.3 Å². The molecule has 1 aliphatic rings. The van der Waals surface area contributed by atoms with E-state index in [1.54, 1.807) is 18.3 Å². The molecule has 0 saturated heterocycles. The van der Waals surface area contributed by atoms with Crippen LogP contribution >= 0.6 is 0 Å². The fraction of sp³-hybridized carbons (Fsp3) is 0.556. The summed E-state index contributed by atoms with van der Waals surface area (Å²) in [4.78, 5) is 16.4. The summed E-state index contributed by atoms with van der Waals surface area (Å²) in [6, 6.07) is 7.73. The van der Waals surface area contributed by atoms with E-state index in [-0.39, 0.29) is 35.3 Å². The van der Waals surface area contributed by atoms with E-state index in [2.05, 4.69) is 42.5 Å². The number of nitrogens with zero attached hydrogens (tertiary/aromatic N) is 1. The molecule has 0 spiro atoms. The number of hydrogen-bond acceptors (Lipinski definition) is 5. The van der Waals surface area contributed by atoms with Gasteiger partial charge in [-0.3, -0.25) is 9.78 Å². The number of carbonyl (C=O) groups is 1. The highest BCUT2D eigenvalue weighted by Crippen LogP contribution is 2.39. The van der Waals surface area contributed by atoms with Crippen LogP contribution in [-0.4, -0.2) is 40.3 Å². The van der Waals surface area contributed by atoms with Crippen LogP contribution in [0.5, 0.6) is 5.75 Å². The van der Waals surface area contributed by atoms with Crippen molar-refractivity contribution >= 4 is 5.91 Å². The Labute approximate surface area is 202 Å². The van der Waals surface area contributed by atoms with Gasteiger partial charge >= 0.3 is 0 Å². The molecule has 34 heavy (non-hydrogen) atoms. The van der Waals surface area contributed by atoms with Crippen LogP contribution in [0.15, 0.2) is 36.5 Å². The molecule has 1 aliphatic heterocycles. The number of nitrogens with one attached hydrogen (secondary N) is 2. The van der Waals surface area contributed by atoms with Crippen molar-refractivity contribution in [1.82, 2.24) is 15.6 Å². The molecule has 1 aromatic carbocycles. The average molecular weight is 472 g/mol. The van der Waals surface area contributed by atoms with E-state index in [0.717, 1.165) is 29.8 Å². The number of fused-ring (bicyclic) bond motifs is 1. The summed E-state index contributed by atoms with van der Waals surface area (Å²) in [5, 5.41) is 17.3. The molecule has 0 fully saturated rings. The number of hydrogen-bond donors (Lipinski definition) is 3. The zero-order valence-corrected chi connectivity index (χ0v) is 21.1. The molecule has 3 N–H and O–H groups in total. The van der Waals surface area contributed by atoms with Crippen LogP contribution in [-0.2, 0) is 17.6 Å². The first kappa shape index (κ1) is 26.1. The molecule has 0 radical (unpaired) electrons. The monoisotopic (exact) mass is 471 g/mol. The van der Waals surface area contributed by atoms with Gasteiger partial charge in [0.25, 0.3) is 0 Å². The van der Waals surface area contributed by atoms with E-state index in [4.69, 9.17) is 4.74 Å².